The van der Waals surface area contributed by atoms with E-state index in [1.54, 1.807) is 30.6 Å². The Kier molecular flexibility index (Phi) is 7.00. The number of aliphatic hydroxyl groups is 1. The number of nitrogens with one attached hydrogen (secondary N) is 1. The summed E-state index contributed by atoms with van der Waals surface area (Å²) in [5, 5.41) is 14.8. The summed E-state index contributed by atoms with van der Waals surface area (Å²) in [5.74, 6) is -0.400. The number of thiophene rings is 1. The highest BCUT2D eigenvalue weighted by Gasteiger charge is 2.12. The van der Waals surface area contributed by atoms with Crippen LogP contribution in [-0.2, 0) is 11.2 Å². The SMILES string of the molecule is COCCNC(O)c1cccc(-c2cccc3sc(Cc4ccc(F)c(Cl)c4)cc23)c1. The second-order valence-corrected chi connectivity index (χ2v) is 8.91. The number of methoxy groups -OCH3 is 1. The van der Waals surface area contributed by atoms with Crippen LogP contribution in [0.2, 0.25) is 5.02 Å². The number of benzene rings is 3. The summed E-state index contributed by atoms with van der Waals surface area (Å²) >= 11 is 7.66. The van der Waals surface area contributed by atoms with Crippen LogP contribution >= 0.6 is 22.9 Å². The molecule has 0 radical (unpaired) electrons. The molecular weight excluding hydrogens is 433 g/mol. The second-order valence-electron chi connectivity index (χ2n) is 7.33. The van der Waals surface area contributed by atoms with E-state index in [0.29, 0.717) is 19.6 Å². The maximum Gasteiger partial charge on any atom is 0.141 e. The number of hydrogen-bond acceptors (Lipinski definition) is 4. The third kappa shape index (κ3) is 5.14. The molecule has 4 aromatic rings. The largest absolute Gasteiger partial charge is 0.383 e. The van der Waals surface area contributed by atoms with Crippen molar-refractivity contribution < 1.29 is 14.2 Å². The lowest BCUT2D eigenvalue weighted by molar-refractivity contribution is 0.119. The molecule has 0 amide bonds. The third-order valence-corrected chi connectivity index (χ3v) is 6.52. The van der Waals surface area contributed by atoms with Crippen LogP contribution in [0, 0.1) is 5.82 Å². The molecule has 1 atom stereocenters. The quantitative estimate of drug-likeness (QED) is 0.246. The first kappa shape index (κ1) is 21.9. The molecule has 0 fully saturated rings. The molecule has 0 saturated carbocycles. The van der Waals surface area contributed by atoms with Gasteiger partial charge in [-0.05, 0) is 52.6 Å². The highest BCUT2D eigenvalue weighted by atomic mass is 35.5. The van der Waals surface area contributed by atoms with Crippen LogP contribution in [0.1, 0.15) is 22.2 Å². The fourth-order valence-corrected chi connectivity index (χ4v) is 4.92. The summed E-state index contributed by atoms with van der Waals surface area (Å²) in [7, 11) is 1.63. The zero-order chi connectivity index (χ0) is 21.8. The van der Waals surface area contributed by atoms with E-state index in [-0.39, 0.29) is 5.02 Å². The lowest BCUT2D eigenvalue weighted by Crippen LogP contribution is -2.24. The van der Waals surface area contributed by atoms with Gasteiger partial charge in [-0.25, -0.2) is 4.39 Å². The molecule has 160 valence electrons. The first-order valence-electron chi connectivity index (χ1n) is 10.0. The van der Waals surface area contributed by atoms with Gasteiger partial charge in [-0.3, -0.25) is 5.32 Å². The smallest absolute Gasteiger partial charge is 0.141 e. The Morgan fingerprint density at radius 3 is 2.74 bits per heavy atom. The highest BCUT2D eigenvalue weighted by molar-refractivity contribution is 7.19. The van der Waals surface area contributed by atoms with Gasteiger partial charge in [0.05, 0.1) is 11.6 Å². The van der Waals surface area contributed by atoms with Gasteiger partial charge < -0.3 is 9.84 Å². The average Bonchev–Trinajstić information content (AvgIpc) is 3.19. The van der Waals surface area contributed by atoms with Gasteiger partial charge in [0.25, 0.3) is 0 Å². The topological polar surface area (TPSA) is 41.5 Å². The number of halogens is 2. The molecule has 2 N–H and O–H groups in total. The molecule has 1 aromatic heterocycles. The first-order chi connectivity index (χ1) is 15.0. The van der Waals surface area contributed by atoms with E-state index in [2.05, 4.69) is 29.6 Å². The number of fused-ring (bicyclic) bond motifs is 1. The van der Waals surface area contributed by atoms with Crippen molar-refractivity contribution in [1.82, 2.24) is 5.32 Å². The summed E-state index contributed by atoms with van der Waals surface area (Å²) in [5.41, 5.74) is 3.95. The molecule has 0 aliphatic rings. The fraction of sp³-hybridized carbons (Fsp3) is 0.200. The summed E-state index contributed by atoms with van der Waals surface area (Å²) < 4.78 is 19.7. The van der Waals surface area contributed by atoms with Gasteiger partial charge in [0.1, 0.15) is 12.0 Å². The van der Waals surface area contributed by atoms with E-state index in [1.165, 1.54) is 15.6 Å². The van der Waals surface area contributed by atoms with E-state index in [4.69, 9.17) is 16.3 Å². The molecule has 3 aromatic carbocycles. The van der Waals surface area contributed by atoms with Gasteiger partial charge in [-0.2, -0.15) is 0 Å². The molecule has 0 saturated heterocycles. The van der Waals surface area contributed by atoms with Crippen molar-refractivity contribution in [2.45, 2.75) is 12.6 Å². The fourth-order valence-electron chi connectivity index (χ4n) is 3.60. The molecule has 0 aliphatic carbocycles. The Bertz CT molecular complexity index is 1190. The molecular formula is C25H23ClFNO2S. The van der Waals surface area contributed by atoms with Crippen molar-refractivity contribution >= 4 is 33.0 Å². The van der Waals surface area contributed by atoms with Crippen LogP contribution in [0.15, 0.2) is 66.7 Å². The first-order valence-corrected chi connectivity index (χ1v) is 11.2. The Morgan fingerprint density at radius 2 is 1.94 bits per heavy atom. The van der Waals surface area contributed by atoms with Crippen molar-refractivity contribution in [3.63, 3.8) is 0 Å². The van der Waals surface area contributed by atoms with Gasteiger partial charge in [-0.1, -0.05) is 48.0 Å². The molecule has 1 heterocycles. The molecule has 6 heteroatoms. The lowest BCUT2D eigenvalue weighted by atomic mass is 9.99. The normalized spacial score (nSPS) is 12.4. The third-order valence-electron chi connectivity index (χ3n) is 5.13. The number of ether oxygens (including phenoxy) is 1. The molecule has 31 heavy (non-hydrogen) atoms. The Labute approximate surface area is 190 Å². The van der Waals surface area contributed by atoms with Crippen LogP contribution in [0.25, 0.3) is 21.2 Å². The maximum absolute atomic E-state index is 13.5. The van der Waals surface area contributed by atoms with Crippen LogP contribution < -0.4 is 5.32 Å². The number of rotatable bonds is 8. The van der Waals surface area contributed by atoms with Crippen molar-refractivity contribution in [3.8, 4) is 11.1 Å². The molecule has 3 nitrogen and oxygen atoms in total. The average molecular weight is 456 g/mol. The standard InChI is InChI=1S/C25H23ClFNO2S/c1-30-11-10-28-25(29)18-5-2-4-17(14-18)20-6-3-7-24-21(20)15-19(31-24)12-16-8-9-23(27)22(26)13-16/h2-9,13-15,25,28-29H,10-12H2,1H3. The minimum Gasteiger partial charge on any atom is -0.383 e. The molecule has 4 rings (SSSR count). The van der Waals surface area contributed by atoms with E-state index < -0.39 is 12.0 Å². The van der Waals surface area contributed by atoms with E-state index >= 15 is 0 Å². The Morgan fingerprint density at radius 1 is 1.10 bits per heavy atom. The molecule has 1 unspecified atom stereocenters. The second kappa shape index (κ2) is 9.90. The summed E-state index contributed by atoms with van der Waals surface area (Å²) in [6.45, 7) is 1.10. The van der Waals surface area contributed by atoms with Crippen LogP contribution in [-0.4, -0.2) is 25.4 Å². The van der Waals surface area contributed by atoms with E-state index in [0.717, 1.165) is 27.6 Å². The molecule has 0 aliphatic heterocycles. The van der Waals surface area contributed by atoms with Crippen molar-refractivity contribution in [1.29, 1.82) is 0 Å². The minimum atomic E-state index is -0.754. The van der Waals surface area contributed by atoms with E-state index in [9.17, 15) is 9.50 Å². The van der Waals surface area contributed by atoms with E-state index in [1.807, 2.05) is 24.3 Å². The van der Waals surface area contributed by atoms with Crippen LogP contribution in [0.4, 0.5) is 4.39 Å². The predicted octanol–water partition coefficient (Wildman–Crippen LogP) is 6.18. The Hall–Kier alpha value is -2.28. The van der Waals surface area contributed by atoms with Crippen molar-refractivity contribution in [2.24, 2.45) is 0 Å². The van der Waals surface area contributed by atoms with Gasteiger partial charge in [0.15, 0.2) is 0 Å². The van der Waals surface area contributed by atoms with Gasteiger partial charge in [-0.15, -0.1) is 11.3 Å². The van der Waals surface area contributed by atoms with Gasteiger partial charge in [0.2, 0.25) is 0 Å². The molecule has 0 spiro atoms. The maximum atomic E-state index is 13.5. The van der Waals surface area contributed by atoms with Gasteiger partial charge in [0, 0.05) is 35.0 Å². The Balaban J connectivity index is 1.62. The van der Waals surface area contributed by atoms with Crippen molar-refractivity contribution in [3.05, 3.63) is 93.6 Å². The summed E-state index contributed by atoms with van der Waals surface area (Å²) in [6.07, 6.45) is -0.0587. The zero-order valence-corrected chi connectivity index (χ0v) is 18.6. The summed E-state index contributed by atoms with van der Waals surface area (Å²) in [6, 6.07) is 21.2. The van der Waals surface area contributed by atoms with Crippen LogP contribution in [0.3, 0.4) is 0 Å². The minimum absolute atomic E-state index is 0.147. The monoisotopic (exact) mass is 455 g/mol. The van der Waals surface area contributed by atoms with Crippen LogP contribution in [0.5, 0.6) is 0 Å². The number of hydrogen-bond donors (Lipinski definition) is 2. The van der Waals surface area contributed by atoms with Crippen molar-refractivity contribution in [2.75, 3.05) is 20.3 Å². The predicted molar refractivity (Wildman–Crippen MR) is 126 cm³/mol. The highest BCUT2D eigenvalue weighted by Crippen LogP contribution is 2.36. The molecule has 0 bridgehead atoms. The number of aliphatic hydroxyl groups excluding tert-OH is 1. The zero-order valence-electron chi connectivity index (χ0n) is 17.1. The van der Waals surface area contributed by atoms with Gasteiger partial charge >= 0.3 is 0 Å². The summed E-state index contributed by atoms with van der Waals surface area (Å²) in [4.78, 5) is 1.18. The lowest BCUT2D eigenvalue weighted by Gasteiger charge is -2.14.